The lowest BCUT2D eigenvalue weighted by atomic mass is 10.1. The standard InChI is InChI=1S/C19H21N5O2/c1-14-5-3-6-15(2)18(14)26-12-10-20-19(25)23-16-7-8-17(21-13-16)24-11-4-9-22-24/h3-9,11,13H,10,12H2,1-2H3,(H2,20,23,25). The van der Waals surface area contributed by atoms with Gasteiger partial charge in [-0.15, -0.1) is 0 Å². The average molecular weight is 351 g/mol. The normalized spacial score (nSPS) is 10.4. The smallest absolute Gasteiger partial charge is 0.319 e. The first kappa shape index (κ1) is 17.5. The number of hydrogen-bond acceptors (Lipinski definition) is 4. The molecule has 7 nitrogen and oxygen atoms in total. The van der Waals surface area contributed by atoms with Crippen LogP contribution in [0, 0.1) is 13.8 Å². The molecule has 0 radical (unpaired) electrons. The van der Waals surface area contributed by atoms with Gasteiger partial charge in [-0.25, -0.2) is 14.5 Å². The zero-order valence-corrected chi connectivity index (χ0v) is 14.8. The van der Waals surface area contributed by atoms with Crippen LogP contribution >= 0.6 is 0 Å². The second kappa shape index (κ2) is 8.15. The summed E-state index contributed by atoms with van der Waals surface area (Å²) in [5.41, 5.74) is 2.77. The second-order valence-corrected chi connectivity index (χ2v) is 5.81. The number of amides is 2. The van der Waals surface area contributed by atoms with E-state index in [2.05, 4.69) is 20.7 Å². The number of rotatable bonds is 6. The van der Waals surface area contributed by atoms with Crippen LogP contribution in [0.3, 0.4) is 0 Å². The van der Waals surface area contributed by atoms with Crippen LogP contribution < -0.4 is 15.4 Å². The summed E-state index contributed by atoms with van der Waals surface area (Å²) in [6.07, 6.45) is 5.07. The Morgan fingerprint density at radius 2 is 1.96 bits per heavy atom. The number of aryl methyl sites for hydroxylation is 2. The van der Waals surface area contributed by atoms with Gasteiger partial charge < -0.3 is 15.4 Å². The van der Waals surface area contributed by atoms with Crippen molar-refractivity contribution >= 4 is 11.7 Å². The zero-order valence-electron chi connectivity index (χ0n) is 14.8. The second-order valence-electron chi connectivity index (χ2n) is 5.81. The van der Waals surface area contributed by atoms with Crippen molar-refractivity contribution in [3.05, 3.63) is 66.1 Å². The summed E-state index contributed by atoms with van der Waals surface area (Å²) in [6.45, 7) is 4.80. The lowest BCUT2D eigenvalue weighted by Gasteiger charge is -2.12. The van der Waals surface area contributed by atoms with Crippen molar-refractivity contribution in [2.75, 3.05) is 18.5 Å². The van der Waals surface area contributed by atoms with E-state index in [4.69, 9.17) is 4.74 Å². The molecule has 2 aromatic heterocycles. The molecular weight excluding hydrogens is 330 g/mol. The van der Waals surface area contributed by atoms with E-state index in [0.717, 1.165) is 16.9 Å². The van der Waals surface area contributed by atoms with Crippen molar-refractivity contribution < 1.29 is 9.53 Å². The number of urea groups is 1. The van der Waals surface area contributed by atoms with Gasteiger partial charge in [-0.2, -0.15) is 5.10 Å². The molecule has 0 saturated carbocycles. The Balaban J connectivity index is 1.44. The molecule has 2 N–H and O–H groups in total. The predicted molar refractivity (Wildman–Crippen MR) is 99.8 cm³/mol. The summed E-state index contributed by atoms with van der Waals surface area (Å²) < 4.78 is 7.41. The topological polar surface area (TPSA) is 81.1 Å². The van der Waals surface area contributed by atoms with Crippen LogP contribution in [-0.2, 0) is 0 Å². The van der Waals surface area contributed by atoms with E-state index >= 15 is 0 Å². The van der Waals surface area contributed by atoms with Gasteiger partial charge in [-0.05, 0) is 43.2 Å². The molecule has 0 aliphatic rings. The van der Waals surface area contributed by atoms with Crippen molar-refractivity contribution in [1.82, 2.24) is 20.1 Å². The number of para-hydroxylation sites is 1. The van der Waals surface area contributed by atoms with Gasteiger partial charge in [0.15, 0.2) is 5.82 Å². The Labute approximate surface area is 152 Å². The highest BCUT2D eigenvalue weighted by Crippen LogP contribution is 2.21. The molecule has 0 fully saturated rings. The lowest BCUT2D eigenvalue weighted by Crippen LogP contribution is -2.32. The Morgan fingerprint density at radius 1 is 1.15 bits per heavy atom. The summed E-state index contributed by atoms with van der Waals surface area (Å²) >= 11 is 0. The van der Waals surface area contributed by atoms with Crippen molar-refractivity contribution in [3.63, 3.8) is 0 Å². The first-order chi connectivity index (χ1) is 12.6. The summed E-state index contributed by atoms with van der Waals surface area (Å²) in [4.78, 5) is 16.2. The van der Waals surface area contributed by atoms with E-state index in [-0.39, 0.29) is 6.03 Å². The highest BCUT2D eigenvalue weighted by Gasteiger charge is 2.05. The van der Waals surface area contributed by atoms with Crippen molar-refractivity contribution in [3.8, 4) is 11.6 Å². The predicted octanol–water partition coefficient (Wildman–Crippen LogP) is 3.08. The number of pyridine rings is 1. The fourth-order valence-electron chi connectivity index (χ4n) is 2.52. The average Bonchev–Trinajstić information content (AvgIpc) is 3.16. The van der Waals surface area contributed by atoms with Crippen molar-refractivity contribution in [2.45, 2.75) is 13.8 Å². The number of hydrogen-bond donors (Lipinski definition) is 2. The molecule has 7 heteroatoms. The first-order valence-electron chi connectivity index (χ1n) is 8.33. The highest BCUT2D eigenvalue weighted by atomic mass is 16.5. The minimum absolute atomic E-state index is 0.302. The molecule has 3 aromatic rings. The third kappa shape index (κ3) is 4.38. The van der Waals surface area contributed by atoms with Gasteiger partial charge in [0.05, 0.1) is 18.4 Å². The number of carbonyl (C=O) groups is 1. The van der Waals surface area contributed by atoms with Gasteiger partial charge in [0.1, 0.15) is 12.4 Å². The SMILES string of the molecule is Cc1cccc(C)c1OCCNC(=O)Nc1ccc(-n2cccn2)nc1. The van der Waals surface area contributed by atoms with E-state index < -0.39 is 0 Å². The van der Waals surface area contributed by atoms with Gasteiger partial charge in [0.25, 0.3) is 0 Å². The van der Waals surface area contributed by atoms with E-state index in [1.54, 1.807) is 35.4 Å². The number of aromatic nitrogens is 3. The molecule has 1 aromatic carbocycles. The highest BCUT2D eigenvalue weighted by molar-refractivity contribution is 5.89. The molecule has 134 valence electrons. The van der Waals surface area contributed by atoms with Crippen LogP contribution in [0.1, 0.15) is 11.1 Å². The zero-order chi connectivity index (χ0) is 18.4. The van der Waals surface area contributed by atoms with Crippen LogP contribution in [0.2, 0.25) is 0 Å². The first-order valence-corrected chi connectivity index (χ1v) is 8.33. The van der Waals surface area contributed by atoms with Gasteiger partial charge in [0, 0.05) is 12.4 Å². The Morgan fingerprint density at radius 3 is 2.62 bits per heavy atom. The number of ether oxygens (including phenoxy) is 1. The molecule has 0 atom stereocenters. The Hall–Kier alpha value is -3.35. The van der Waals surface area contributed by atoms with Crippen molar-refractivity contribution in [2.24, 2.45) is 0 Å². The molecule has 0 bridgehead atoms. The molecule has 0 unspecified atom stereocenters. The molecular formula is C19H21N5O2. The van der Waals surface area contributed by atoms with E-state index in [1.807, 2.05) is 38.1 Å². The third-order valence-corrected chi connectivity index (χ3v) is 3.79. The Kier molecular flexibility index (Phi) is 5.48. The van der Waals surface area contributed by atoms with Gasteiger partial charge in [-0.3, -0.25) is 0 Å². The van der Waals surface area contributed by atoms with Crippen LogP contribution in [0.15, 0.2) is 55.0 Å². The van der Waals surface area contributed by atoms with Crippen LogP contribution in [0.25, 0.3) is 5.82 Å². The number of carbonyl (C=O) groups excluding carboxylic acids is 1. The molecule has 3 rings (SSSR count). The third-order valence-electron chi connectivity index (χ3n) is 3.79. The van der Waals surface area contributed by atoms with Crippen LogP contribution in [0.5, 0.6) is 5.75 Å². The van der Waals surface area contributed by atoms with Crippen LogP contribution in [0.4, 0.5) is 10.5 Å². The van der Waals surface area contributed by atoms with E-state index in [0.29, 0.717) is 24.7 Å². The lowest BCUT2D eigenvalue weighted by molar-refractivity contribution is 0.247. The largest absolute Gasteiger partial charge is 0.491 e. The maximum absolute atomic E-state index is 11.9. The molecule has 0 aliphatic carbocycles. The Bertz CT molecular complexity index is 840. The number of benzene rings is 1. The summed E-state index contributed by atoms with van der Waals surface area (Å²) in [5.74, 6) is 1.55. The molecule has 0 aliphatic heterocycles. The summed E-state index contributed by atoms with van der Waals surface area (Å²) in [5, 5.41) is 9.61. The van der Waals surface area contributed by atoms with Crippen LogP contribution in [-0.4, -0.2) is 33.9 Å². The quantitative estimate of drug-likeness (QED) is 0.669. The fraction of sp³-hybridized carbons (Fsp3) is 0.211. The maximum atomic E-state index is 11.9. The van der Waals surface area contributed by atoms with Gasteiger partial charge >= 0.3 is 6.03 Å². The maximum Gasteiger partial charge on any atom is 0.319 e. The summed E-state index contributed by atoms with van der Waals surface area (Å²) in [6, 6.07) is 11.1. The molecule has 2 amide bonds. The number of nitrogens with one attached hydrogen (secondary N) is 2. The fourth-order valence-corrected chi connectivity index (χ4v) is 2.52. The van der Waals surface area contributed by atoms with Gasteiger partial charge in [0.2, 0.25) is 0 Å². The minimum atomic E-state index is -0.302. The van der Waals surface area contributed by atoms with E-state index in [9.17, 15) is 4.79 Å². The minimum Gasteiger partial charge on any atom is -0.491 e. The monoisotopic (exact) mass is 351 g/mol. The van der Waals surface area contributed by atoms with E-state index in [1.165, 1.54) is 0 Å². The molecule has 0 saturated heterocycles. The summed E-state index contributed by atoms with van der Waals surface area (Å²) in [7, 11) is 0. The number of nitrogens with zero attached hydrogens (tertiary/aromatic N) is 3. The molecule has 26 heavy (non-hydrogen) atoms. The molecule has 0 spiro atoms. The van der Waals surface area contributed by atoms with Crippen molar-refractivity contribution in [1.29, 1.82) is 0 Å². The number of anilines is 1. The molecule has 2 heterocycles. The van der Waals surface area contributed by atoms with Gasteiger partial charge in [-0.1, -0.05) is 18.2 Å².